The molecule has 0 N–H and O–H groups in total. The van der Waals surface area contributed by atoms with Crippen molar-refractivity contribution in [1.82, 2.24) is 0 Å². The SMILES string of the molecule is N#Cc1ccc(N2c3cc4c(cc3B3c5ccccc5Oc5cc(N(c6ccccc6)c6ccccc6)cc2c53)B2c3ccccc3N(c3ccccc3)c3cc(N(c5ccccc5)c5ccccc5)cc(c32)N4c2ccccc2)c(-c2ccccc2)c1. The average Bonchev–Trinajstić information content (AvgIpc) is 1.01. The second-order valence-corrected chi connectivity index (χ2v) is 22.7. The standard InChI is InChI=1S/C79H52B2N6O/c82-53-54-44-45-69(64(46-54)55-26-8-1-9-27-55)87-72-52-71-67(51-68(72)81-66-41-23-25-43-76(66)88-77-50-63(49-75(87)79(77)81)84(58-32-14-4-15-33-58)59-34-16-5-17-35-59)80-65-40-22-24-42-70(65)85(60-36-18-6-19-37-60)73-47-62(48-74(78(73)80)86(71)61-38-20-7-21-39-61)83(56-28-10-2-11-29-56)57-30-12-3-13-31-57/h1-52H. The minimum absolute atomic E-state index is 0.204. The largest absolute Gasteiger partial charge is 0.458 e. The second-order valence-electron chi connectivity index (χ2n) is 22.7. The van der Waals surface area contributed by atoms with E-state index in [0.717, 1.165) is 124 Å². The van der Waals surface area contributed by atoms with Crippen LogP contribution < -0.4 is 62.0 Å². The summed E-state index contributed by atoms with van der Waals surface area (Å²) in [4.78, 5) is 12.2. The molecule has 13 aromatic rings. The average molecular weight is 1120 g/mol. The summed E-state index contributed by atoms with van der Waals surface area (Å²) in [5.74, 6) is 1.61. The third-order valence-corrected chi connectivity index (χ3v) is 17.8. The lowest BCUT2D eigenvalue weighted by atomic mass is 9.30. The number of hydrogen-bond donors (Lipinski definition) is 0. The lowest BCUT2D eigenvalue weighted by Gasteiger charge is -2.47. The zero-order chi connectivity index (χ0) is 58.2. The fraction of sp³-hybridized carbons (Fsp3) is 0. The Bertz CT molecular complexity index is 4800. The molecule has 0 saturated heterocycles. The van der Waals surface area contributed by atoms with Crippen LogP contribution in [0, 0.1) is 11.3 Å². The predicted octanol–water partition coefficient (Wildman–Crippen LogP) is 16.7. The van der Waals surface area contributed by atoms with Gasteiger partial charge < -0.3 is 29.2 Å². The van der Waals surface area contributed by atoms with Crippen molar-refractivity contribution in [2.75, 3.05) is 24.5 Å². The van der Waals surface area contributed by atoms with Crippen molar-refractivity contribution in [1.29, 1.82) is 5.26 Å². The van der Waals surface area contributed by atoms with Gasteiger partial charge in [-0.15, -0.1) is 0 Å². The van der Waals surface area contributed by atoms with E-state index in [9.17, 15) is 5.26 Å². The van der Waals surface area contributed by atoms with Crippen LogP contribution in [-0.4, -0.2) is 13.4 Å². The Kier molecular flexibility index (Phi) is 12.0. The van der Waals surface area contributed by atoms with Crippen LogP contribution in [0.2, 0.25) is 0 Å². The van der Waals surface area contributed by atoms with Crippen molar-refractivity contribution in [3.63, 3.8) is 0 Å². The first-order chi connectivity index (χ1) is 43.6. The van der Waals surface area contributed by atoms with Crippen LogP contribution in [0.4, 0.5) is 85.3 Å². The van der Waals surface area contributed by atoms with Gasteiger partial charge in [-0.05, 0) is 166 Å². The van der Waals surface area contributed by atoms with Gasteiger partial charge in [0.15, 0.2) is 0 Å². The van der Waals surface area contributed by atoms with E-state index in [4.69, 9.17) is 4.74 Å². The summed E-state index contributed by atoms with van der Waals surface area (Å²) in [6.45, 7) is -0.455. The lowest BCUT2D eigenvalue weighted by Crippen LogP contribution is -2.64. The fourth-order valence-corrected chi connectivity index (χ4v) is 14.2. The molecular formula is C79H52B2N6O. The number of benzene rings is 13. The van der Waals surface area contributed by atoms with Crippen LogP contribution in [0.5, 0.6) is 11.5 Å². The number of para-hydroxylation sites is 8. The topological polar surface area (TPSA) is 49.2 Å². The number of nitriles is 1. The van der Waals surface area contributed by atoms with E-state index < -0.39 is 0 Å². The highest BCUT2D eigenvalue weighted by molar-refractivity contribution is 7.02. The maximum absolute atomic E-state index is 10.7. The Morgan fingerprint density at radius 3 is 1.27 bits per heavy atom. The maximum Gasteiger partial charge on any atom is 0.256 e. The van der Waals surface area contributed by atoms with Crippen LogP contribution in [0.3, 0.4) is 0 Å². The molecular weight excluding hydrogens is 1070 g/mol. The minimum atomic E-state index is -0.251. The number of ether oxygens (including phenoxy) is 1. The molecule has 4 aliphatic heterocycles. The molecule has 0 amide bonds. The van der Waals surface area contributed by atoms with Gasteiger partial charge in [-0.3, -0.25) is 0 Å². The molecule has 0 fully saturated rings. The first-order valence-electron chi connectivity index (χ1n) is 29.9. The first-order valence-corrected chi connectivity index (χ1v) is 29.9. The molecule has 13 aromatic carbocycles. The van der Waals surface area contributed by atoms with Crippen molar-refractivity contribution >= 4 is 132 Å². The zero-order valence-corrected chi connectivity index (χ0v) is 47.8. The highest BCUT2D eigenvalue weighted by atomic mass is 16.5. The minimum Gasteiger partial charge on any atom is -0.458 e. The molecule has 0 radical (unpaired) electrons. The van der Waals surface area contributed by atoms with Crippen LogP contribution >= 0.6 is 0 Å². The molecule has 0 spiro atoms. The van der Waals surface area contributed by atoms with Gasteiger partial charge in [0.2, 0.25) is 0 Å². The van der Waals surface area contributed by atoms with Gasteiger partial charge >= 0.3 is 0 Å². The Balaban J connectivity index is 1.01. The molecule has 0 atom stereocenters. The Morgan fingerprint density at radius 1 is 0.295 bits per heavy atom. The summed E-state index contributed by atoms with van der Waals surface area (Å²) in [6.07, 6.45) is 0. The molecule has 88 heavy (non-hydrogen) atoms. The summed E-state index contributed by atoms with van der Waals surface area (Å²) < 4.78 is 7.32. The van der Waals surface area contributed by atoms with Crippen LogP contribution in [-0.2, 0) is 0 Å². The van der Waals surface area contributed by atoms with Crippen molar-refractivity contribution in [3.05, 3.63) is 321 Å². The Morgan fingerprint density at radius 2 is 0.727 bits per heavy atom. The molecule has 4 aliphatic rings. The fourth-order valence-electron chi connectivity index (χ4n) is 14.2. The quantitative estimate of drug-likeness (QED) is 0.126. The summed E-state index contributed by atoms with van der Waals surface area (Å²) in [6, 6.07) is 116. The molecule has 17 rings (SSSR count). The lowest BCUT2D eigenvalue weighted by molar-refractivity contribution is 0.487. The summed E-state index contributed by atoms with van der Waals surface area (Å²) >= 11 is 0. The summed E-state index contributed by atoms with van der Waals surface area (Å²) in [7, 11) is 0. The van der Waals surface area contributed by atoms with Gasteiger partial charge in [-0.1, -0.05) is 182 Å². The van der Waals surface area contributed by atoms with Crippen molar-refractivity contribution in [3.8, 4) is 28.7 Å². The smallest absolute Gasteiger partial charge is 0.256 e. The molecule has 7 nitrogen and oxygen atoms in total. The highest BCUT2D eigenvalue weighted by Crippen LogP contribution is 2.52. The van der Waals surface area contributed by atoms with Crippen LogP contribution in [0.1, 0.15) is 5.56 Å². The monoisotopic (exact) mass is 1120 g/mol. The van der Waals surface area contributed by atoms with E-state index in [1.54, 1.807) is 0 Å². The molecule has 4 heterocycles. The Labute approximate surface area is 512 Å². The van der Waals surface area contributed by atoms with Gasteiger partial charge in [0.25, 0.3) is 13.4 Å². The highest BCUT2D eigenvalue weighted by Gasteiger charge is 2.48. The van der Waals surface area contributed by atoms with Gasteiger partial charge in [0.05, 0.1) is 28.7 Å². The summed E-state index contributed by atoms with van der Waals surface area (Å²) in [5.41, 5.74) is 25.0. The van der Waals surface area contributed by atoms with Crippen LogP contribution in [0.15, 0.2) is 315 Å². The van der Waals surface area contributed by atoms with E-state index in [1.807, 2.05) is 6.07 Å². The molecule has 0 bridgehead atoms. The predicted molar refractivity (Wildman–Crippen MR) is 366 cm³/mol. The first kappa shape index (κ1) is 50.8. The number of fused-ring (bicyclic) bond motifs is 8. The van der Waals surface area contributed by atoms with E-state index in [0.29, 0.717) is 5.56 Å². The number of rotatable bonds is 10. The molecule has 0 aromatic heterocycles. The van der Waals surface area contributed by atoms with Gasteiger partial charge in [-0.2, -0.15) is 5.26 Å². The number of anilines is 15. The zero-order valence-electron chi connectivity index (χ0n) is 47.8. The molecule has 0 unspecified atom stereocenters. The maximum atomic E-state index is 10.7. The Hall–Kier alpha value is -11.7. The molecule has 410 valence electrons. The van der Waals surface area contributed by atoms with Crippen LogP contribution in [0.25, 0.3) is 11.1 Å². The third-order valence-electron chi connectivity index (χ3n) is 17.8. The summed E-state index contributed by atoms with van der Waals surface area (Å²) in [5, 5.41) is 10.7. The molecule has 0 saturated carbocycles. The van der Waals surface area contributed by atoms with Gasteiger partial charge in [-0.25, -0.2) is 0 Å². The number of hydrogen-bond acceptors (Lipinski definition) is 7. The van der Waals surface area contributed by atoms with Gasteiger partial charge in [0.1, 0.15) is 11.5 Å². The van der Waals surface area contributed by atoms with Crippen molar-refractivity contribution < 1.29 is 4.74 Å². The normalized spacial score (nSPS) is 12.7. The third kappa shape index (κ3) is 8.15. The molecule has 9 heteroatoms. The number of nitrogens with zero attached hydrogens (tertiary/aromatic N) is 6. The van der Waals surface area contributed by atoms with Crippen molar-refractivity contribution in [2.24, 2.45) is 0 Å². The second kappa shape index (κ2) is 20.8. The molecule has 0 aliphatic carbocycles. The van der Waals surface area contributed by atoms with E-state index >= 15 is 0 Å². The van der Waals surface area contributed by atoms with E-state index in [-0.39, 0.29) is 13.4 Å². The van der Waals surface area contributed by atoms with Gasteiger partial charge in [0, 0.05) is 79.9 Å². The van der Waals surface area contributed by atoms with Crippen molar-refractivity contribution in [2.45, 2.75) is 0 Å². The van der Waals surface area contributed by atoms with E-state index in [1.165, 1.54) is 16.4 Å². The van der Waals surface area contributed by atoms with E-state index in [2.05, 4.69) is 340 Å².